The molecule has 1 aromatic carbocycles. The summed E-state index contributed by atoms with van der Waals surface area (Å²) < 4.78 is 21.1. The molecule has 2 fully saturated rings. The average molecular weight is 354 g/mol. The number of hydrogen-bond acceptors (Lipinski definition) is 3. The van der Waals surface area contributed by atoms with Gasteiger partial charge < -0.3 is 14.6 Å². The highest BCUT2D eigenvalue weighted by atomic mass is 35.5. The highest BCUT2D eigenvalue weighted by Gasteiger charge is 2.29. The molecule has 7 heteroatoms. The average Bonchev–Trinajstić information content (AvgIpc) is 2.92. The molecule has 2 aliphatic rings. The topological polar surface area (TPSA) is 50.3 Å². The number of fused-ring (bicyclic) bond motifs is 1. The standard InChI is InChI=1S/C17H21ClFN3O2/c18-11-9-14(19)16-15(10-11)22(17(23)20-16)13-1-5-21(6-2-13)12-3-7-24-8-4-12/h9-10,12-13H,1-8H2,(H,20,23). The van der Waals surface area contributed by atoms with Crippen LogP contribution in [0.1, 0.15) is 31.7 Å². The summed E-state index contributed by atoms with van der Waals surface area (Å²) in [6.07, 6.45) is 3.94. The summed E-state index contributed by atoms with van der Waals surface area (Å²) in [5.41, 5.74) is 0.557. The summed E-state index contributed by atoms with van der Waals surface area (Å²) in [7, 11) is 0. The first-order valence-corrected chi connectivity index (χ1v) is 8.92. The normalized spacial score (nSPS) is 21.6. The van der Waals surface area contributed by atoms with E-state index in [1.807, 2.05) is 0 Å². The number of rotatable bonds is 2. The van der Waals surface area contributed by atoms with Crippen molar-refractivity contribution < 1.29 is 9.13 Å². The zero-order valence-corrected chi connectivity index (χ0v) is 14.2. The van der Waals surface area contributed by atoms with Crippen molar-refractivity contribution in [1.82, 2.24) is 14.5 Å². The second-order valence-corrected chi connectivity index (χ2v) is 7.13. The third kappa shape index (κ3) is 2.87. The van der Waals surface area contributed by atoms with Crippen molar-refractivity contribution >= 4 is 22.6 Å². The summed E-state index contributed by atoms with van der Waals surface area (Å²) in [5, 5.41) is 0.312. The summed E-state index contributed by atoms with van der Waals surface area (Å²) >= 11 is 5.98. The van der Waals surface area contributed by atoms with Crippen molar-refractivity contribution in [3.8, 4) is 0 Å². The van der Waals surface area contributed by atoms with Gasteiger partial charge in [-0.25, -0.2) is 9.18 Å². The van der Waals surface area contributed by atoms with E-state index < -0.39 is 5.82 Å². The van der Waals surface area contributed by atoms with Crippen LogP contribution >= 0.6 is 11.6 Å². The van der Waals surface area contributed by atoms with Gasteiger partial charge in [-0.2, -0.15) is 0 Å². The van der Waals surface area contributed by atoms with Gasteiger partial charge >= 0.3 is 5.69 Å². The minimum Gasteiger partial charge on any atom is -0.381 e. The molecule has 0 aliphatic carbocycles. The summed E-state index contributed by atoms with van der Waals surface area (Å²) in [6, 6.07) is 3.58. The Bertz CT molecular complexity index is 789. The van der Waals surface area contributed by atoms with Gasteiger partial charge in [0.15, 0.2) is 0 Å². The molecule has 1 aromatic heterocycles. The second kappa shape index (κ2) is 6.50. The molecule has 0 spiro atoms. The summed E-state index contributed by atoms with van der Waals surface area (Å²) in [5.74, 6) is -0.479. The zero-order chi connectivity index (χ0) is 16.7. The number of aromatic nitrogens is 2. The van der Waals surface area contributed by atoms with Crippen LogP contribution in [0.2, 0.25) is 5.02 Å². The van der Waals surface area contributed by atoms with Crippen molar-refractivity contribution in [2.45, 2.75) is 37.8 Å². The van der Waals surface area contributed by atoms with Crippen LogP contribution in [0.4, 0.5) is 4.39 Å². The van der Waals surface area contributed by atoms with E-state index in [0.717, 1.165) is 52.0 Å². The Morgan fingerprint density at radius 1 is 1.12 bits per heavy atom. The molecular weight excluding hydrogens is 333 g/mol. The molecular formula is C17H21ClFN3O2. The molecule has 0 atom stereocenters. The van der Waals surface area contributed by atoms with Crippen molar-refractivity contribution in [2.24, 2.45) is 0 Å². The molecule has 2 saturated heterocycles. The maximum Gasteiger partial charge on any atom is 0.326 e. The van der Waals surface area contributed by atoms with E-state index in [1.165, 1.54) is 6.07 Å². The third-order valence-electron chi connectivity index (χ3n) is 5.32. The zero-order valence-electron chi connectivity index (χ0n) is 13.4. The lowest BCUT2D eigenvalue weighted by Gasteiger charge is -2.39. The Morgan fingerprint density at radius 3 is 2.54 bits per heavy atom. The van der Waals surface area contributed by atoms with Crippen molar-refractivity contribution in [3.05, 3.63) is 33.5 Å². The number of ether oxygens (including phenoxy) is 1. The van der Waals surface area contributed by atoms with Gasteiger partial charge in [0.25, 0.3) is 0 Å². The van der Waals surface area contributed by atoms with Crippen molar-refractivity contribution in [3.63, 3.8) is 0 Å². The number of likely N-dealkylation sites (tertiary alicyclic amines) is 1. The van der Waals surface area contributed by atoms with Crippen LogP contribution in [-0.2, 0) is 4.74 Å². The minimum atomic E-state index is -0.479. The molecule has 0 bridgehead atoms. The number of nitrogens with one attached hydrogen (secondary N) is 1. The Labute approximate surface area is 144 Å². The molecule has 0 radical (unpaired) electrons. The molecule has 2 aliphatic heterocycles. The largest absolute Gasteiger partial charge is 0.381 e. The van der Waals surface area contributed by atoms with Gasteiger partial charge in [-0.05, 0) is 37.8 Å². The van der Waals surface area contributed by atoms with Crippen LogP contribution in [0.5, 0.6) is 0 Å². The second-order valence-electron chi connectivity index (χ2n) is 6.69. The van der Waals surface area contributed by atoms with Gasteiger partial charge in [0.05, 0.1) is 5.52 Å². The van der Waals surface area contributed by atoms with Crippen LogP contribution in [0.15, 0.2) is 16.9 Å². The number of piperidine rings is 1. The Morgan fingerprint density at radius 2 is 1.83 bits per heavy atom. The highest BCUT2D eigenvalue weighted by molar-refractivity contribution is 6.31. The lowest BCUT2D eigenvalue weighted by molar-refractivity contribution is 0.0220. The van der Waals surface area contributed by atoms with Gasteiger partial charge in [0, 0.05) is 43.4 Å². The maximum atomic E-state index is 14.0. The van der Waals surface area contributed by atoms with E-state index in [-0.39, 0.29) is 17.2 Å². The van der Waals surface area contributed by atoms with Gasteiger partial charge in [-0.3, -0.25) is 4.57 Å². The fraction of sp³-hybridized carbons (Fsp3) is 0.588. The molecule has 0 amide bonds. The van der Waals surface area contributed by atoms with E-state index in [2.05, 4.69) is 9.88 Å². The monoisotopic (exact) mass is 353 g/mol. The predicted octanol–water partition coefficient (Wildman–Crippen LogP) is 2.94. The smallest absolute Gasteiger partial charge is 0.326 e. The van der Waals surface area contributed by atoms with Crippen LogP contribution in [0.3, 0.4) is 0 Å². The van der Waals surface area contributed by atoms with Crippen LogP contribution in [-0.4, -0.2) is 46.8 Å². The molecule has 3 heterocycles. The van der Waals surface area contributed by atoms with E-state index >= 15 is 0 Å². The fourth-order valence-corrected chi connectivity index (χ4v) is 4.27. The van der Waals surface area contributed by atoms with E-state index in [0.29, 0.717) is 16.6 Å². The van der Waals surface area contributed by atoms with Gasteiger partial charge in [0.1, 0.15) is 11.3 Å². The molecule has 2 aromatic rings. The highest BCUT2D eigenvalue weighted by Crippen LogP contribution is 2.29. The quantitative estimate of drug-likeness (QED) is 0.903. The van der Waals surface area contributed by atoms with Gasteiger partial charge in [-0.1, -0.05) is 11.6 Å². The lowest BCUT2D eigenvalue weighted by Crippen LogP contribution is -2.45. The molecule has 4 rings (SSSR count). The Hall–Kier alpha value is -1.37. The van der Waals surface area contributed by atoms with E-state index in [4.69, 9.17) is 16.3 Å². The van der Waals surface area contributed by atoms with Crippen molar-refractivity contribution in [2.75, 3.05) is 26.3 Å². The molecule has 24 heavy (non-hydrogen) atoms. The number of H-pyrrole nitrogens is 1. The summed E-state index contributed by atoms with van der Waals surface area (Å²) in [6.45, 7) is 3.59. The SMILES string of the molecule is O=c1[nH]c2c(F)cc(Cl)cc2n1C1CCN(C2CCOCC2)CC1. The van der Waals surface area contributed by atoms with Crippen LogP contribution < -0.4 is 5.69 Å². The number of aromatic amines is 1. The minimum absolute atomic E-state index is 0.0835. The lowest BCUT2D eigenvalue weighted by atomic mass is 9.99. The molecule has 1 N–H and O–H groups in total. The Kier molecular flexibility index (Phi) is 4.37. The predicted molar refractivity (Wildman–Crippen MR) is 91.2 cm³/mol. The third-order valence-corrected chi connectivity index (χ3v) is 5.53. The van der Waals surface area contributed by atoms with Crippen LogP contribution in [0.25, 0.3) is 11.0 Å². The van der Waals surface area contributed by atoms with Crippen molar-refractivity contribution in [1.29, 1.82) is 0 Å². The fourth-order valence-electron chi connectivity index (χ4n) is 4.07. The number of halogens is 2. The van der Waals surface area contributed by atoms with Gasteiger partial charge in [-0.15, -0.1) is 0 Å². The number of hydrogen-bond donors (Lipinski definition) is 1. The first-order valence-electron chi connectivity index (χ1n) is 8.54. The van der Waals surface area contributed by atoms with Gasteiger partial charge in [0.2, 0.25) is 0 Å². The maximum absolute atomic E-state index is 14.0. The molecule has 5 nitrogen and oxygen atoms in total. The number of imidazole rings is 1. The number of nitrogens with zero attached hydrogens (tertiary/aromatic N) is 2. The van der Waals surface area contributed by atoms with E-state index in [9.17, 15) is 9.18 Å². The first kappa shape index (κ1) is 16.1. The molecule has 0 unspecified atom stereocenters. The summed E-state index contributed by atoms with van der Waals surface area (Å²) in [4.78, 5) is 17.5. The first-order chi connectivity index (χ1) is 11.6. The molecule has 0 saturated carbocycles. The molecule has 130 valence electrons. The Balaban J connectivity index is 1.56. The van der Waals surface area contributed by atoms with Crippen LogP contribution in [0, 0.1) is 5.82 Å². The van der Waals surface area contributed by atoms with E-state index in [1.54, 1.807) is 10.6 Å². The number of benzene rings is 1.